The Bertz CT molecular complexity index is 802. The number of amides is 1. The van der Waals surface area contributed by atoms with E-state index in [-0.39, 0.29) is 29.8 Å². The van der Waals surface area contributed by atoms with Gasteiger partial charge in [0.1, 0.15) is 6.04 Å². The van der Waals surface area contributed by atoms with Gasteiger partial charge in [-0.1, -0.05) is 17.8 Å². The standard InChI is InChI=1S/C17H18N2O5S/c1-4-24-16(22)14-9(2)19-13(21)8-25-17(19)18-15(14)10-5-6-11(20)12(7-10)23-3/h5-7,15,20H,4,8H2,1-3H3. The Morgan fingerprint density at radius 1 is 1.48 bits per heavy atom. The Morgan fingerprint density at radius 2 is 2.24 bits per heavy atom. The number of hydrogen-bond donors (Lipinski definition) is 1. The fraction of sp³-hybridized carbons (Fsp3) is 0.353. The summed E-state index contributed by atoms with van der Waals surface area (Å²) in [5, 5.41) is 10.4. The molecule has 7 nitrogen and oxygen atoms in total. The van der Waals surface area contributed by atoms with E-state index in [9.17, 15) is 14.7 Å². The first-order valence-electron chi connectivity index (χ1n) is 7.76. The van der Waals surface area contributed by atoms with Gasteiger partial charge in [-0.3, -0.25) is 9.69 Å². The van der Waals surface area contributed by atoms with Crippen molar-refractivity contribution in [3.05, 3.63) is 35.0 Å². The zero-order chi connectivity index (χ0) is 18.1. The molecule has 2 aliphatic rings. The lowest BCUT2D eigenvalue weighted by atomic mass is 9.95. The highest BCUT2D eigenvalue weighted by Gasteiger charge is 2.40. The Morgan fingerprint density at radius 3 is 2.92 bits per heavy atom. The third kappa shape index (κ3) is 2.97. The number of fused-ring (bicyclic) bond motifs is 1. The summed E-state index contributed by atoms with van der Waals surface area (Å²) in [5.74, 6) is -0.0386. The molecule has 0 aromatic heterocycles. The molecule has 0 bridgehead atoms. The largest absolute Gasteiger partial charge is 0.504 e. The average molecular weight is 362 g/mol. The summed E-state index contributed by atoms with van der Waals surface area (Å²) in [4.78, 5) is 30.7. The molecule has 0 spiro atoms. The molecule has 1 unspecified atom stereocenters. The number of carbonyl (C=O) groups is 2. The Hall–Kier alpha value is -2.48. The van der Waals surface area contributed by atoms with E-state index < -0.39 is 12.0 Å². The number of benzene rings is 1. The second kappa shape index (κ2) is 6.79. The minimum absolute atomic E-state index is 0.000134. The molecular formula is C17H18N2O5S. The molecule has 2 aliphatic heterocycles. The van der Waals surface area contributed by atoms with Crippen LogP contribution in [0, 0.1) is 0 Å². The van der Waals surface area contributed by atoms with Gasteiger partial charge in [-0.2, -0.15) is 0 Å². The molecule has 0 saturated carbocycles. The molecule has 1 aromatic carbocycles. The van der Waals surface area contributed by atoms with Gasteiger partial charge >= 0.3 is 5.97 Å². The number of methoxy groups -OCH3 is 1. The molecule has 0 aliphatic carbocycles. The number of aliphatic imine (C=N–C) groups is 1. The number of amidine groups is 1. The van der Waals surface area contributed by atoms with Gasteiger partial charge in [0, 0.05) is 5.70 Å². The van der Waals surface area contributed by atoms with Gasteiger partial charge in [0.15, 0.2) is 16.7 Å². The molecule has 1 saturated heterocycles. The van der Waals surface area contributed by atoms with Crippen LogP contribution in [0.4, 0.5) is 0 Å². The first kappa shape index (κ1) is 17.3. The number of ether oxygens (including phenoxy) is 2. The molecule has 132 valence electrons. The molecule has 2 heterocycles. The van der Waals surface area contributed by atoms with Crippen molar-refractivity contribution >= 4 is 28.8 Å². The lowest BCUT2D eigenvalue weighted by molar-refractivity contribution is -0.139. The van der Waals surface area contributed by atoms with Crippen molar-refractivity contribution in [1.29, 1.82) is 0 Å². The van der Waals surface area contributed by atoms with Crippen LogP contribution in [0.5, 0.6) is 11.5 Å². The van der Waals surface area contributed by atoms with Crippen LogP contribution in [-0.4, -0.2) is 46.5 Å². The van der Waals surface area contributed by atoms with Crippen LogP contribution < -0.4 is 4.74 Å². The third-order valence-electron chi connectivity index (χ3n) is 4.02. The van der Waals surface area contributed by atoms with Crippen LogP contribution in [0.2, 0.25) is 0 Å². The van der Waals surface area contributed by atoms with E-state index in [2.05, 4.69) is 4.99 Å². The van der Waals surface area contributed by atoms with Crippen LogP contribution in [0.25, 0.3) is 0 Å². The summed E-state index contributed by atoms with van der Waals surface area (Å²) in [7, 11) is 1.45. The number of aromatic hydroxyl groups is 1. The number of esters is 1. The second-order valence-electron chi connectivity index (χ2n) is 5.48. The summed E-state index contributed by atoms with van der Waals surface area (Å²) < 4.78 is 10.3. The van der Waals surface area contributed by atoms with E-state index in [0.717, 1.165) is 0 Å². The first-order valence-corrected chi connectivity index (χ1v) is 8.74. The minimum atomic E-state index is -0.627. The highest BCUT2D eigenvalue weighted by molar-refractivity contribution is 8.15. The van der Waals surface area contributed by atoms with Gasteiger partial charge in [-0.15, -0.1) is 0 Å². The number of carbonyl (C=O) groups excluding carboxylic acids is 2. The van der Waals surface area contributed by atoms with Crippen molar-refractivity contribution in [3.8, 4) is 11.5 Å². The highest BCUT2D eigenvalue weighted by atomic mass is 32.2. The SMILES string of the molecule is CCOC(=O)C1=C(C)N2C(=O)CSC2=NC1c1ccc(O)c(OC)c1. The van der Waals surface area contributed by atoms with Gasteiger partial charge < -0.3 is 14.6 Å². The Labute approximate surface area is 149 Å². The quantitative estimate of drug-likeness (QED) is 0.827. The van der Waals surface area contributed by atoms with Gasteiger partial charge in [0.05, 0.1) is 25.0 Å². The number of phenolic OH excluding ortho intramolecular Hbond substituents is 1. The summed E-state index contributed by atoms with van der Waals surface area (Å²) in [5.41, 5.74) is 1.51. The molecule has 8 heteroatoms. The molecule has 1 atom stereocenters. The topological polar surface area (TPSA) is 88.4 Å². The maximum atomic E-state index is 12.5. The van der Waals surface area contributed by atoms with Crippen molar-refractivity contribution in [2.75, 3.05) is 19.5 Å². The van der Waals surface area contributed by atoms with Crippen molar-refractivity contribution in [2.45, 2.75) is 19.9 Å². The van der Waals surface area contributed by atoms with Gasteiger partial charge in [0.2, 0.25) is 5.91 Å². The first-order chi connectivity index (χ1) is 12.0. The summed E-state index contributed by atoms with van der Waals surface area (Å²) in [6.45, 7) is 3.66. The normalized spacial score (nSPS) is 19.6. The summed E-state index contributed by atoms with van der Waals surface area (Å²) in [6, 6.07) is 4.17. The van der Waals surface area contributed by atoms with Crippen LogP contribution in [0.1, 0.15) is 25.5 Å². The van der Waals surface area contributed by atoms with Crippen LogP contribution >= 0.6 is 11.8 Å². The van der Waals surface area contributed by atoms with Crippen LogP contribution in [0.15, 0.2) is 34.5 Å². The molecular weight excluding hydrogens is 344 g/mol. The molecule has 25 heavy (non-hydrogen) atoms. The molecule has 1 N–H and O–H groups in total. The van der Waals surface area contributed by atoms with Crippen molar-refractivity contribution in [3.63, 3.8) is 0 Å². The number of phenols is 1. The summed E-state index contributed by atoms with van der Waals surface area (Å²) in [6.07, 6.45) is 0. The molecule has 1 aromatic rings. The van der Waals surface area contributed by atoms with Gasteiger partial charge in [-0.05, 0) is 31.5 Å². The molecule has 0 radical (unpaired) electrons. The van der Waals surface area contributed by atoms with E-state index in [0.29, 0.717) is 22.0 Å². The second-order valence-corrected chi connectivity index (χ2v) is 6.43. The van der Waals surface area contributed by atoms with E-state index in [1.165, 1.54) is 29.8 Å². The number of allylic oxidation sites excluding steroid dienone is 1. The van der Waals surface area contributed by atoms with E-state index in [1.807, 2.05) is 0 Å². The minimum Gasteiger partial charge on any atom is -0.504 e. The predicted molar refractivity (Wildman–Crippen MR) is 93.5 cm³/mol. The van der Waals surface area contributed by atoms with Crippen molar-refractivity contribution in [2.24, 2.45) is 4.99 Å². The fourth-order valence-corrected chi connectivity index (χ4v) is 3.78. The van der Waals surface area contributed by atoms with E-state index >= 15 is 0 Å². The maximum absolute atomic E-state index is 12.5. The predicted octanol–water partition coefficient (Wildman–Crippen LogP) is 2.22. The lowest BCUT2D eigenvalue weighted by Crippen LogP contribution is -2.35. The van der Waals surface area contributed by atoms with Crippen LogP contribution in [-0.2, 0) is 14.3 Å². The zero-order valence-electron chi connectivity index (χ0n) is 14.1. The number of rotatable bonds is 4. The highest BCUT2D eigenvalue weighted by Crippen LogP contribution is 2.41. The van der Waals surface area contributed by atoms with E-state index in [1.54, 1.807) is 26.0 Å². The molecule has 1 amide bonds. The third-order valence-corrected chi connectivity index (χ3v) is 4.96. The average Bonchev–Trinajstić information content (AvgIpc) is 2.96. The maximum Gasteiger partial charge on any atom is 0.338 e. The van der Waals surface area contributed by atoms with Crippen molar-refractivity contribution < 1.29 is 24.2 Å². The molecule has 3 rings (SSSR count). The smallest absolute Gasteiger partial charge is 0.338 e. The zero-order valence-corrected chi connectivity index (χ0v) is 14.9. The Kier molecular flexibility index (Phi) is 4.71. The molecule has 1 fully saturated rings. The summed E-state index contributed by atoms with van der Waals surface area (Å²) >= 11 is 1.34. The monoisotopic (exact) mass is 362 g/mol. The fourth-order valence-electron chi connectivity index (χ4n) is 2.85. The Balaban J connectivity index is 2.12. The lowest BCUT2D eigenvalue weighted by Gasteiger charge is -2.29. The van der Waals surface area contributed by atoms with E-state index in [4.69, 9.17) is 9.47 Å². The number of nitrogens with zero attached hydrogens (tertiary/aromatic N) is 2. The van der Waals surface area contributed by atoms with Gasteiger partial charge in [0.25, 0.3) is 0 Å². The number of hydrogen-bond acceptors (Lipinski definition) is 7. The van der Waals surface area contributed by atoms with Crippen LogP contribution in [0.3, 0.4) is 0 Å². The number of thioether (sulfide) groups is 1. The van der Waals surface area contributed by atoms with Crippen molar-refractivity contribution in [1.82, 2.24) is 4.90 Å². The van der Waals surface area contributed by atoms with Gasteiger partial charge in [-0.25, -0.2) is 9.79 Å².